The van der Waals surface area contributed by atoms with Crippen LogP contribution >= 0.6 is 0 Å². The molecule has 0 spiro atoms. The molecule has 17 heteroatoms. The average molecular weight is 877 g/mol. The average Bonchev–Trinajstić information content (AvgIpc) is 3.43. The first-order chi connectivity index (χ1) is 29.7. The monoisotopic (exact) mass is 877 g/mol. The standard InChI is InChI=1S/C33H41N5O6.C12H23N3O3.CH4/c1-21-8-13-36(14-9-21)30(39)28(20-23-18-22(2)29-27(19-23)43-32(41)35(29)3)44-33(42)37-15-11-25(12-16-37)38-17-10-24-6-4-5-7-26(24)34-31(38)40;1-13(2)5-4-10-18-12(17)11(16)15-8-6-14(3)7-9-15;/h4-7,18-19,21,25,28H,8-17,20H2,1-3H3,(H,34,40);4-10H2,1-3H3;1H4/t28-;;/m1../s1. The molecule has 5 heterocycles. The number of oxazole rings is 1. The lowest BCUT2D eigenvalue weighted by Gasteiger charge is -2.38. The molecule has 0 aliphatic carbocycles. The van der Waals surface area contributed by atoms with Crippen molar-refractivity contribution in [1.82, 2.24) is 34.0 Å². The zero-order valence-corrected chi connectivity index (χ0v) is 37.2. The third-order valence-corrected chi connectivity index (χ3v) is 12.4. The van der Waals surface area contributed by atoms with E-state index in [9.17, 15) is 28.8 Å². The molecule has 346 valence electrons. The van der Waals surface area contributed by atoms with Crippen LogP contribution in [0.2, 0.25) is 0 Å². The Morgan fingerprint density at radius 1 is 0.873 bits per heavy atom. The molecule has 3 saturated heterocycles. The SMILES string of the molecule is C.CN(C)CCCOC(=O)C(=O)N1CCN(C)CC1.Cc1cc(C[C@@H](OC(=O)N2CCC(N3CCc4ccccc4NC3=O)CC2)C(=O)N2CCC(C)CC2)cc2oc(=O)n(C)c12. The number of aryl methyl sites for hydroxylation is 2. The fourth-order valence-electron chi connectivity index (χ4n) is 8.57. The van der Waals surface area contributed by atoms with Crippen LogP contribution in [0.25, 0.3) is 11.1 Å². The van der Waals surface area contributed by atoms with Crippen LogP contribution in [0.5, 0.6) is 0 Å². The van der Waals surface area contributed by atoms with Crippen LogP contribution in [-0.4, -0.2) is 169 Å². The summed E-state index contributed by atoms with van der Waals surface area (Å²) in [4.78, 5) is 86.7. The summed E-state index contributed by atoms with van der Waals surface area (Å²) >= 11 is 0. The number of carbonyl (C=O) groups is 5. The maximum Gasteiger partial charge on any atom is 0.419 e. The van der Waals surface area contributed by atoms with Crippen LogP contribution in [0.1, 0.15) is 63.1 Å². The highest BCUT2D eigenvalue weighted by Gasteiger charge is 2.35. The van der Waals surface area contributed by atoms with Crippen molar-refractivity contribution in [2.45, 2.75) is 78.4 Å². The number of hydrogen-bond donors (Lipinski definition) is 1. The van der Waals surface area contributed by atoms with Gasteiger partial charge >= 0.3 is 29.8 Å². The molecule has 4 aliphatic rings. The number of anilines is 1. The third kappa shape index (κ3) is 12.6. The predicted molar refractivity (Wildman–Crippen MR) is 241 cm³/mol. The molecular formula is C46H68N8O9. The number of urea groups is 1. The van der Waals surface area contributed by atoms with Gasteiger partial charge in [-0.05, 0) is 101 Å². The molecule has 7 rings (SSSR count). The molecule has 0 bridgehead atoms. The summed E-state index contributed by atoms with van der Waals surface area (Å²) < 4.78 is 17.8. The first-order valence-electron chi connectivity index (χ1n) is 22.0. The van der Waals surface area contributed by atoms with Gasteiger partial charge in [-0.15, -0.1) is 0 Å². The highest BCUT2D eigenvalue weighted by molar-refractivity contribution is 6.32. The first kappa shape index (κ1) is 48.6. The Bertz CT molecular complexity index is 2110. The van der Waals surface area contributed by atoms with Gasteiger partial charge in [0.25, 0.3) is 5.91 Å². The van der Waals surface area contributed by atoms with Crippen molar-refractivity contribution < 1.29 is 37.9 Å². The van der Waals surface area contributed by atoms with E-state index < -0.39 is 29.8 Å². The van der Waals surface area contributed by atoms with Gasteiger partial charge in [-0.3, -0.25) is 14.2 Å². The molecule has 0 saturated carbocycles. The summed E-state index contributed by atoms with van der Waals surface area (Å²) in [6.45, 7) is 10.8. The van der Waals surface area contributed by atoms with Crippen LogP contribution in [0, 0.1) is 12.8 Å². The van der Waals surface area contributed by atoms with E-state index in [0.717, 1.165) is 67.7 Å². The van der Waals surface area contributed by atoms with Gasteiger partial charge in [-0.2, -0.15) is 0 Å². The largest absolute Gasteiger partial charge is 0.458 e. The number of carbonyl (C=O) groups excluding carboxylic acids is 5. The second-order valence-corrected chi connectivity index (χ2v) is 17.4. The van der Waals surface area contributed by atoms with Crippen molar-refractivity contribution in [1.29, 1.82) is 0 Å². The minimum absolute atomic E-state index is 0. The predicted octanol–water partition coefficient (Wildman–Crippen LogP) is 4.19. The van der Waals surface area contributed by atoms with E-state index in [-0.39, 0.29) is 31.8 Å². The van der Waals surface area contributed by atoms with Gasteiger partial charge in [-0.1, -0.05) is 38.6 Å². The summed E-state index contributed by atoms with van der Waals surface area (Å²) in [5, 5.41) is 3.03. The van der Waals surface area contributed by atoms with Crippen molar-refractivity contribution >= 4 is 46.7 Å². The molecule has 5 amide bonds. The number of amides is 5. The Labute approximate surface area is 371 Å². The fourth-order valence-corrected chi connectivity index (χ4v) is 8.57. The Balaban J connectivity index is 0.000000333. The van der Waals surface area contributed by atoms with Gasteiger partial charge in [0.1, 0.15) is 0 Å². The number of aromatic nitrogens is 1. The number of rotatable bonds is 9. The number of likely N-dealkylation sites (tertiary alicyclic amines) is 2. The number of hydrogen-bond acceptors (Lipinski definition) is 11. The Morgan fingerprint density at radius 2 is 1.54 bits per heavy atom. The molecule has 1 aromatic heterocycles. The van der Waals surface area contributed by atoms with Crippen LogP contribution in [-0.2, 0) is 43.7 Å². The number of para-hydroxylation sites is 1. The zero-order valence-electron chi connectivity index (χ0n) is 37.2. The molecule has 3 fully saturated rings. The summed E-state index contributed by atoms with van der Waals surface area (Å²) in [6, 6.07) is 11.4. The quantitative estimate of drug-likeness (QED) is 0.186. The van der Waals surface area contributed by atoms with Crippen LogP contribution in [0.4, 0.5) is 15.3 Å². The van der Waals surface area contributed by atoms with Crippen LogP contribution in [0.15, 0.2) is 45.6 Å². The van der Waals surface area contributed by atoms with Crippen molar-refractivity contribution in [2.24, 2.45) is 13.0 Å². The van der Waals surface area contributed by atoms with Gasteiger partial charge < -0.3 is 48.6 Å². The molecule has 0 radical (unpaired) electrons. The smallest absolute Gasteiger partial charge is 0.419 e. The summed E-state index contributed by atoms with van der Waals surface area (Å²) in [5.41, 5.74) is 4.72. The Kier molecular flexibility index (Phi) is 17.2. The molecule has 1 N–H and O–H groups in total. The summed E-state index contributed by atoms with van der Waals surface area (Å²) in [7, 11) is 7.57. The van der Waals surface area contributed by atoms with E-state index in [4.69, 9.17) is 13.9 Å². The molecule has 2 aromatic carbocycles. The van der Waals surface area contributed by atoms with E-state index in [2.05, 4.69) is 17.1 Å². The minimum Gasteiger partial charge on any atom is -0.458 e. The topological polar surface area (TPSA) is 170 Å². The minimum atomic E-state index is -1.00. The molecule has 63 heavy (non-hydrogen) atoms. The molecule has 0 unspecified atom stereocenters. The number of esters is 1. The zero-order chi connectivity index (χ0) is 44.5. The van der Waals surface area contributed by atoms with Crippen molar-refractivity contribution in [3.63, 3.8) is 0 Å². The molecule has 4 aliphatic heterocycles. The lowest BCUT2D eigenvalue weighted by Crippen LogP contribution is -2.51. The van der Waals surface area contributed by atoms with Gasteiger partial charge in [0, 0.05) is 90.6 Å². The number of piperidine rings is 2. The number of ether oxygens (including phenoxy) is 2. The third-order valence-electron chi connectivity index (χ3n) is 12.4. The van der Waals surface area contributed by atoms with E-state index in [1.807, 2.05) is 68.2 Å². The van der Waals surface area contributed by atoms with Gasteiger partial charge in [0.15, 0.2) is 11.7 Å². The second-order valence-electron chi connectivity index (χ2n) is 17.4. The summed E-state index contributed by atoms with van der Waals surface area (Å²) in [5.74, 6) is -1.33. The van der Waals surface area contributed by atoms with E-state index in [1.54, 1.807) is 27.8 Å². The maximum atomic E-state index is 13.8. The second kappa shape index (κ2) is 22.3. The number of nitrogens with one attached hydrogen (secondary N) is 1. The molecule has 17 nitrogen and oxygen atoms in total. The van der Waals surface area contributed by atoms with Gasteiger partial charge in [0.05, 0.1) is 12.1 Å². The lowest BCUT2D eigenvalue weighted by atomic mass is 9.98. The number of fused-ring (bicyclic) bond motifs is 2. The van der Waals surface area contributed by atoms with E-state index in [0.29, 0.717) is 82.3 Å². The molecule has 1 atom stereocenters. The van der Waals surface area contributed by atoms with Crippen LogP contribution < -0.4 is 11.1 Å². The van der Waals surface area contributed by atoms with E-state index >= 15 is 0 Å². The highest BCUT2D eigenvalue weighted by atomic mass is 16.6. The van der Waals surface area contributed by atoms with Gasteiger partial charge in [-0.25, -0.2) is 19.2 Å². The first-order valence-corrected chi connectivity index (χ1v) is 22.0. The maximum absolute atomic E-state index is 13.8. The number of likely N-dealkylation sites (N-methyl/N-ethyl adjacent to an activating group) is 1. The van der Waals surface area contributed by atoms with Crippen LogP contribution in [0.3, 0.4) is 0 Å². The summed E-state index contributed by atoms with van der Waals surface area (Å²) in [6.07, 6.45) is 3.25. The number of benzene rings is 2. The van der Waals surface area contributed by atoms with Crippen molar-refractivity contribution in [2.75, 3.05) is 98.5 Å². The van der Waals surface area contributed by atoms with E-state index in [1.165, 1.54) is 4.57 Å². The molecule has 3 aromatic rings. The number of nitrogens with zero attached hydrogens (tertiary/aromatic N) is 7. The van der Waals surface area contributed by atoms with Gasteiger partial charge in [0.2, 0.25) is 0 Å². The Hall–Kier alpha value is -5.42. The normalized spacial score (nSPS) is 18.1. The number of piperazine rings is 1. The fraction of sp³-hybridized carbons (Fsp3) is 0.609. The Morgan fingerprint density at radius 3 is 2.22 bits per heavy atom. The van der Waals surface area contributed by atoms with Crippen molar-refractivity contribution in [3.8, 4) is 0 Å². The van der Waals surface area contributed by atoms with Crippen molar-refractivity contribution in [3.05, 3.63) is 63.6 Å². The lowest BCUT2D eigenvalue weighted by molar-refractivity contribution is -0.161. The highest BCUT2D eigenvalue weighted by Crippen LogP contribution is 2.27. The molecular weight excluding hydrogens is 809 g/mol.